The highest BCUT2D eigenvalue weighted by atomic mass is 16.5. The van der Waals surface area contributed by atoms with Crippen LogP contribution in [0.3, 0.4) is 0 Å². The molecule has 0 bridgehead atoms. The van der Waals surface area contributed by atoms with Crippen LogP contribution in [-0.4, -0.2) is 42.6 Å². The smallest absolute Gasteiger partial charge is 0.340 e. The van der Waals surface area contributed by atoms with Crippen molar-refractivity contribution in [2.75, 3.05) is 25.1 Å². The molecule has 0 radical (unpaired) electrons. The minimum atomic E-state index is -0.500. The molecule has 158 valence electrons. The lowest BCUT2D eigenvalue weighted by Gasteiger charge is -2.37. The Morgan fingerprint density at radius 1 is 1.00 bits per heavy atom. The summed E-state index contributed by atoms with van der Waals surface area (Å²) in [4.78, 5) is 39.2. The number of hydrogen-bond acceptors (Lipinski definition) is 5. The van der Waals surface area contributed by atoms with E-state index in [1.165, 1.54) is 0 Å². The van der Waals surface area contributed by atoms with E-state index in [4.69, 9.17) is 9.47 Å². The molecule has 2 amide bonds. The summed E-state index contributed by atoms with van der Waals surface area (Å²) in [5, 5.41) is 2.82. The highest BCUT2D eigenvalue weighted by Gasteiger charge is 2.33. The van der Waals surface area contributed by atoms with Crippen molar-refractivity contribution >= 4 is 23.7 Å². The monoisotopic (exact) mass is 410 g/mol. The number of nitrogens with one attached hydrogen (secondary N) is 1. The van der Waals surface area contributed by atoms with Crippen molar-refractivity contribution in [2.24, 2.45) is 0 Å². The van der Waals surface area contributed by atoms with Crippen LogP contribution in [0.5, 0.6) is 0 Å². The SMILES string of the molecule is CCOC(=O)CC1c2ccccc2CCN1C(=O)Nc1ccccc1C(=O)OCC. The molecule has 1 aliphatic heterocycles. The van der Waals surface area contributed by atoms with E-state index in [0.29, 0.717) is 18.7 Å². The predicted molar refractivity (Wildman–Crippen MR) is 112 cm³/mol. The Morgan fingerprint density at radius 2 is 1.70 bits per heavy atom. The number of benzene rings is 2. The minimum absolute atomic E-state index is 0.0673. The Balaban J connectivity index is 1.86. The van der Waals surface area contributed by atoms with Gasteiger partial charge >= 0.3 is 18.0 Å². The van der Waals surface area contributed by atoms with Crippen molar-refractivity contribution in [1.29, 1.82) is 0 Å². The van der Waals surface area contributed by atoms with Gasteiger partial charge in [-0.2, -0.15) is 0 Å². The molecule has 0 aliphatic carbocycles. The summed E-state index contributed by atoms with van der Waals surface area (Å²) < 4.78 is 10.2. The summed E-state index contributed by atoms with van der Waals surface area (Å²) in [6.45, 7) is 4.46. The van der Waals surface area contributed by atoms with Crippen LogP contribution in [0.2, 0.25) is 0 Å². The van der Waals surface area contributed by atoms with Gasteiger partial charge in [0.2, 0.25) is 0 Å². The summed E-state index contributed by atoms with van der Waals surface area (Å²) in [6.07, 6.45) is 0.750. The molecular weight excluding hydrogens is 384 g/mol. The van der Waals surface area contributed by atoms with Crippen LogP contribution in [0.15, 0.2) is 48.5 Å². The molecule has 1 unspecified atom stereocenters. The van der Waals surface area contributed by atoms with Gasteiger partial charge in [0.1, 0.15) is 0 Å². The molecule has 1 heterocycles. The number of hydrogen-bond donors (Lipinski definition) is 1. The Morgan fingerprint density at radius 3 is 2.47 bits per heavy atom. The van der Waals surface area contributed by atoms with Gasteiger partial charge in [0.25, 0.3) is 0 Å². The van der Waals surface area contributed by atoms with E-state index in [2.05, 4.69) is 5.32 Å². The zero-order chi connectivity index (χ0) is 21.5. The third-order valence-corrected chi connectivity index (χ3v) is 5.00. The molecule has 1 aliphatic rings. The fraction of sp³-hybridized carbons (Fsp3) is 0.348. The maximum Gasteiger partial charge on any atom is 0.340 e. The zero-order valence-electron chi connectivity index (χ0n) is 17.2. The second kappa shape index (κ2) is 9.91. The Kier molecular flexibility index (Phi) is 7.06. The third-order valence-electron chi connectivity index (χ3n) is 5.00. The highest BCUT2D eigenvalue weighted by molar-refractivity contribution is 6.01. The van der Waals surface area contributed by atoms with Gasteiger partial charge in [-0.25, -0.2) is 9.59 Å². The normalized spacial score (nSPS) is 15.1. The average molecular weight is 410 g/mol. The summed E-state index contributed by atoms with van der Waals surface area (Å²) in [6, 6.07) is 13.7. The van der Waals surface area contributed by atoms with Crippen LogP contribution in [0, 0.1) is 0 Å². The van der Waals surface area contributed by atoms with Crippen LogP contribution >= 0.6 is 0 Å². The van der Waals surface area contributed by atoms with Crippen molar-refractivity contribution in [3.8, 4) is 0 Å². The second-order valence-electron chi connectivity index (χ2n) is 6.86. The molecule has 7 heteroatoms. The van der Waals surface area contributed by atoms with E-state index < -0.39 is 12.0 Å². The van der Waals surface area contributed by atoms with Gasteiger partial charge < -0.3 is 19.7 Å². The minimum Gasteiger partial charge on any atom is -0.466 e. The molecule has 0 fully saturated rings. The number of fused-ring (bicyclic) bond motifs is 1. The second-order valence-corrected chi connectivity index (χ2v) is 6.86. The lowest BCUT2D eigenvalue weighted by Crippen LogP contribution is -2.43. The molecule has 0 spiro atoms. The van der Waals surface area contributed by atoms with Crippen molar-refractivity contribution in [1.82, 2.24) is 4.90 Å². The molecule has 0 saturated heterocycles. The highest BCUT2D eigenvalue weighted by Crippen LogP contribution is 2.33. The summed E-state index contributed by atoms with van der Waals surface area (Å²) in [5.41, 5.74) is 2.70. The molecule has 3 rings (SSSR count). The quantitative estimate of drug-likeness (QED) is 0.729. The van der Waals surface area contributed by atoms with Crippen LogP contribution < -0.4 is 5.32 Å². The number of anilines is 1. The first-order chi connectivity index (χ1) is 14.5. The molecule has 7 nitrogen and oxygen atoms in total. The van der Waals surface area contributed by atoms with E-state index in [1.807, 2.05) is 24.3 Å². The maximum absolute atomic E-state index is 13.2. The Labute approximate surface area is 176 Å². The van der Waals surface area contributed by atoms with Gasteiger partial charge in [-0.3, -0.25) is 4.79 Å². The van der Waals surface area contributed by atoms with Crippen molar-refractivity contribution in [3.63, 3.8) is 0 Å². The molecule has 2 aromatic rings. The van der Waals surface area contributed by atoms with Crippen molar-refractivity contribution < 1.29 is 23.9 Å². The standard InChI is InChI=1S/C23H26N2O5/c1-3-29-21(26)15-20-17-10-6-5-9-16(17)13-14-25(20)23(28)24-19-12-8-7-11-18(19)22(27)30-4-2/h5-12,20H,3-4,13-15H2,1-2H3,(H,24,28). The van der Waals surface area contributed by atoms with Gasteiger partial charge in [-0.1, -0.05) is 36.4 Å². The van der Waals surface area contributed by atoms with Gasteiger partial charge in [0.05, 0.1) is 36.9 Å². The number of esters is 2. The van der Waals surface area contributed by atoms with E-state index in [9.17, 15) is 14.4 Å². The summed E-state index contributed by atoms with van der Waals surface area (Å²) >= 11 is 0. The average Bonchev–Trinajstić information content (AvgIpc) is 2.74. The molecule has 0 saturated carbocycles. The van der Waals surface area contributed by atoms with Crippen molar-refractivity contribution in [3.05, 3.63) is 65.2 Å². The zero-order valence-corrected chi connectivity index (χ0v) is 17.2. The number of nitrogens with zero attached hydrogens (tertiary/aromatic N) is 1. The van der Waals surface area contributed by atoms with Crippen molar-refractivity contribution in [2.45, 2.75) is 32.7 Å². The van der Waals surface area contributed by atoms with Crippen LogP contribution in [-0.2, 0) is 20.7 Å². The lowest BCUT2D eigenvalue weighted by atomic mass is 9.91. The first-order valence-corrected chi connectivity index (χ1v) is 10.1. The Hall–Kier alpha value is -3.35. The topological polar surface area (TPSA) is 84.9 Å². The maximum atomic E-state index is 13.2. The number of amides is 2. The first-order valence-electron chi connectivity index (χ1n) is 10.1. The van der Waals surface area contributed by atoms with Crippen LogP contribution in [0.25, 0.3) is 0 Å². The summed E-state index contributed by atoms with van der Waals surface area (Å²) in [5.74, 6) is -0.857. The molecular formula is C23H26N2O5. The number of carbonyl (C=O) groups excluding carboxylic acids is 3. The first kappa shape index (κ1) is 21.4. The van der Waals surface area contributed by atoms with Gasteiger partial charge in [0, 0.05) is 6.54 Å². The molecule has 1 N–H and O–H groups in total. The number of rotatable bonds is 6. The van der Waals surface area contributed by atoms with Crippen LogP contribution in [0.1, 0.15) is 47.8 Å². The molecule has 30 heavy (non-hydrogen) atoms. The fourth-order valence-corrected chi connectivity index (χ4v) is 3.66. The molecule has 1 atom stereocenters. The van der Waals surface area contributed by atoms with Gasteiger partial charge in [-0.15, -0.1) is 0 Å². The van der Waals surface area contributed by atoms with E-state index in [-0.39, 0.29) is 37.2 Å². The third kappa shape index (κ3) is 4.79. The number of para-hydroxylation sites is 1. The number of carbonyl (C=O) groups is 3. The lowest BCUT2D eigenvalue weighted by molar-refractivity contribution is -0.144. The molecule has 0 aromatic heterocycles. The van der Waals surface area contributed by atoms with Gasteiger partial charge in [-0.05, 0) is 43.5 Å². The number of urea groups is 1. The van der Waals surface area contributed by atoms with Crippen LogP contribution in [0.4, 0.5) is 10.5 Å². The number of ether oxygens (including phenoxy) is 2. The Bertz CT molecular complexity index is 927. The summed E-state index contributed by atoms with van der Waals surface area (Å²) in [7, 11) is 0. The predicted octanol–water partition coefficient (Wildman–Crippen LogP) is 3.95. The van der Waals surface area contributed by atoms with E-state index in [0.717, 1.165) is 11.1 Å². The van der Waals surface area contributed by atoms with E-state index in [1.54, 1.807) is 43.0 Å². The van der Waals surface area contributed by atoms with E-state index >= 15 is 0 Å². The van der Waals surface area contributed by atoms with Gasteiger partial charge in [0.15, 0.2) is 0 Å². The largest absolute Gasteiger partial charge is 0.466 e. The fourth-order valence-electron chi connectivity index (χ4n) is 3.66. The molecule has 2 aromatic carbocycles.